The number of carbonyl (C=O) groups is 2. The monoisotopic (exact) mass is 409 g/mol. The van der Waals surface area contributed by atoms with Crippen LogP contribution in [0.5, 0.6) is 11.5 Å². The number of rotatable bonds is 8. The second-order valence-corrected chi connectivity index (χ2v) is 7.06. The molecular weight excluding hydrogens is 382 g/mol. The molecule has 0 saturated heterocycles. The molecule has 0 saturated carbocycles. The Balaban J connectivity index is 2.07. The molecule has 1 aliphatic rings. The highest BCUT2D eigenvalue weighted by Crippen LogP contribution is 2.43. The molecule has 7 nitrogen and oxygen atoms in total. The van der Waals surface area contributed by atoms with E-state index in [0.29, 0.717) is 13.0 Å². The fourth-order valence-electron chi connectivity index (χ4n) is 3.58. The lowest BCUT2D eigenvalue weighted by molar-refractivity contribution is -0.137. The molecule has 0 amide bonds. The molecule has 7 heteroatoms. The Morgan fingerprint density at radius 2 is 1.57 bits per heavy atom. The van der Waals surface area contributed by atoms with Gasteiger partial charge in [0.25, 0.3) is 0 Å². The quantitative estimate of drug-likeness (QED) is 0.448. The molecule has 0 aromatic heterocycles. The second kappa shape index (κ2) is 10.2. The Hall–Kier alpha value is -3.00. The molecule has 0 bridgehead atoms. The van der Waals surface area contributed by atoms with E-state index in [0.717, 1.165) is 22.3 Å². The fourth-order valence-corrected chi connectivity index (χ4v) is 3.58. The van der Waals surface area contributed by atoms with Gasteiger partial charge in [0.1, 0.15) is 0 Å². The molecule has 1 aliphatic carbocycles. The topological polar surface area (TPSA) is 131 Å². The number of nitrogens with two attached hydrogens (primary N) is 3. The average molecular weight is 409 g/mol. The molecular formula is C23H27N3O4. The van der Waals surface area contributed by atoms with E-state index in [4.69, 9.17) is 26.7 Å². The SMILES string of the molecule is NCCC(=O)Oc1ccc2c(c1OC(=O)CCN)CC(c1ccccc1)C=C2CN. The van der Waals surface area contributed by atoms with Crippen LogP contribution < -0.4 is 26.7 Å². The van der Waals surface area contributed by atoms with E-state index in [-0.39, 0.29) is 43.3 Å². The summed E-state index contributed by atoms with van der Waals surface area (Å²) < 4.78 is 11.1. The van der Waals surface area contributed by atoms with Crippen LogP contribution in [0.25, 0.3) is 5.57 Å². The van der Waals surface area contributed by atoms with Gasteiger partial charge in [0.2, 0.25) is 0 Å². The summed E-state index contributed by atoms with van der Waals surface area (Å²) in [5.41, 5.74) is 20.7. The third-order valence-electron chi connectivity index (χ3n) is 4.98. The van der Waals surface area contributed by atoms with Crippen molar-refractivity contribution in [3.8, 4) is 11.5 Å². The molecule has 0 fully saturated rings. The third kappa shape index (κ3) is 4.94. The number of carbonyl (C=O) groups excluding carboxylic acids is 2. The molecule has 3 rings (SSSR count). The van der Waals surface area contributed by atoms with Crippen LogP contribution in [-0.2, 0) is 16.0 Å². The highest BCUT2D eigenvalue weighted by atomic mass is 16.6. The maximum Gasteiger partial charge on any atom is 0.312 e. The summed E-state index contributed by atoms with van der Waals surface area (Å²) in [6, 6.07) is 13.5. The van der Waals surface area contributed by atoms with Crippen molar-refractivity contribution < 1.29 is 19.1 Å². The highest BCUT2D eigenvalue weighted by Gasteiger charge is 2.27. The van der Waals surface area contributed by atoms with Gasteiger partial charge >= 0.3 is 11.9 Å². The van der Waals surface area contributed by atoms with Crippen molar-refractivity contribution in [2.75, 3.05) is 19.6 Å². The molecule has 0 aliphatic heterocycles. The predicted molar refractivity (Wildman–Crippen MR) is 115 cm³/mol. The Bertz CT molecular complexity index is 941. The average Bonchev–Trinajstić information content (AvgIpc) is 2.75. The lowest BCUT2D eigenvalue weighted by Gasteiger charge is -2.27. The summed E-state index contributed by atoms with van der Waals surface area (Å²) >= 11 is 0. The maximum absolute atomic E-state index is 12.3. The van der Waals surface area contributed by atoms with Gasteiger partial charge in [0, 0.05) is 31.1 Å². The number of benzene rings is 2. The minimum atomic E-state index is -0.487. The van der Waals surface area contributed by atoms with Crippen LogP contribution in [0, 0.1) is 0 Å². The van der Waals surface area contributed by atoms with Crippen LogP contribution in [0.1, 0.15) is 35.4 Å². The molecule has 2 aromatic carbocycles. The van der Waals surface area contributed by atoms with Crippen molar-refractivity contribution in [3.63, 3.8) is 0 Å². The third-order valence-corrected chi connectivity index (χ3v) is 4.98. The lowest BCUT2D eigenvalue weighted by Crippen LogP contribution is -2.20. The summed E-state index contributed by atoms with van der Waals surface area (Å²) in [5, 5.41) is 0. The Labute approximate surface area is 175 Å². The molecule has 0 heterocycles. The van der Waals surface area contributed by atoms with Crippen LogP contribution in [-0.4, -0.2) is 31.6 Å². The zero-order chi connectivity index (χ0) is 21.5. The standard InChI is InChI=1S/C23H27N3O4/c24-10-8-21(27)29-20-7-6-18-17(14-26)12-16(15-4-2-1-3-5-15)13-19(18)23(20)30-22(28)9-11-25/h1-7,12,16H,8-11,13-14,24-26H2. The zero-order valence-corrected chi connectivity index (χ0v) is 16.8. The largest absolute Gasteiger partial charge is 0.422 e. The first-order valence-corrected chi connectivity index (χ1v) is 10.0. The smallest absolute Gasteiger partial charge is 0.312 e. The Kier molecular flexibility index (Phi) is 7.35. The molecule has 1 unspecified atom stereocenters. The minimum Gasteiger partial charge on any atom is -0.422 e. The van der Waals surface area contributed by atoms with E-state index < -0.39 is 11.9 Å². The van der Waals surface area contributed by atoms with Gasteiger partial charge in [-0.2, -0.15) is 0 Å². The Morgan fingerprint density at radius 3 is 2.20 bits per heavy atom. The van der Waals surface area contributed by atoms with Crippen LogP contribution in [0.3, 0.4) is 0 Å². The highest BCUT2D eigenvalue weighted by molar-refractivity contribution is 5.81. The minimum absolute atomic E-state index is 0.0548. The molecule has 0 spiro atoms. The molecule has 30 heavy (non-hydrogen) atoms. The maximum atomic E-state index is 12.3. The summed E-state index contributed by atoms with van der Waals surface area (Å²) in [4.78, 5) is 24.3. The van der Waals surface area contributed by atoms with Crippen molar-refractivity contribution in [2.45, 2.75) is 25.2 Å². The normalized spacial score (nSPS) is 15.2. The van der Waals surface area contributed by atoms with Gasteiger partial charge in [-0.25, -0.2) is 0 Å². The number of esters is 2. The second-order valence-electron chi connectivity index (χ2n) is 7.06. The van der Waals surface area contributed by atoms with Crippen LogP contribution >= 0.6 is 0 Å². The number of hydrogen-bond acceptors (Lipinski definition) is 7. The Morgan fingerprint density at radius 1 is 0.900 bits per heavy atom. The van der Waals surface area contributed by atoms with Crippen molar-refractivity contribution in [3.05, 3.63) is 65.2 Å². The fraction of sp³-hybridized carbons (Fsp3) is 0.304. The van der Waals surface area contributed by atoms with Gasteiger partial charge in [-0.3, -0.25) is 9.59 Å². The van der Waals surface area contributed by atoms with Crippen LogP contribution in [0.15, 0.2) is 48.5 Å². The van der Waals surface area contributed by atoms with Crippen molar-refractivity contribution in [2.24, 2.45) is 17.2 Å². The first kappa shape index (κ1) is 21.7. The number of fused-ring (bicyclic) bond motifs is 1. The molecule has 0 radical (unpaired) electrons. The summed E-state index contributed by atoms with van der Waals surface area (Å²) in [6.45, 7) is 0.664. The summed E-state index contributed by atoms with van der Waals surface area (Å²) in [6.07, 6.45) is 2.84. The van der Waals surface area contributed by atoms with Crippen molar-refractivity contribution in [1.82, 2.24) is 0 Å². The van der Waals surface area contributed by atoms with E-state index in [9.17, 15) is 9.59 Å². The first-order valence-electron chi connectivity index (χ1n) is 10.0. The molecule has 6 N–H and O–H groups in total. The first-order chi connectivity index (χ1) is 14.6. The van der Waals surface area contributed by atoms with E-state index >= 15 is 0 Å². The lowest BCUT2D eigenvalue weighted by atomic mass is 9.80. The van der Waals surface area contributed by atoms with Gasteiger partial charge in [0.15, 0.2) is 11.5 Å². The van der Waals surface area contributed by atoms with E-state index in [2.05, 4.69) is 6.08 Å². The molecule has 1 atom stereocenters. The summed E-state index contributed by atoms with van der Waals surface area (Å²) in [7, 11) is 0. The van der Waals surface area contributed by atoms with E-state index in [1.54, 1.807) is 6.07 Å². The van der Waals surface area contributed by atoms with Crippen LogP contribution in [0.2, 0.25) is 0 Å². The van der Waals surface area contributed by atoms with Crippen LogP contribution in [0.4, 0.5) is 0 Å². The summed E-state index contributed by atoms with van der Waals surface area (Å²) in [5.74, 6) is -0.473. The van der Waals surface area contributed by atoms with E-state index in [1.807, 2.05) is 36.4 Å². The molecule has 2 aromatic rings. The van der Waals surface area contributed by atoms with Crippen molar-refractivity contribution >= 4 is 17.5 Å². The zero-order valence-electron chi connectivity index (χ0n) is 16.8. The van der Waals surface area contributed by atoms with Gasteiger partial charge in [-0.05, 0) is 29.2 Å². The number of ether oxygens (including phenoxy) is 2. The number of hydrogen-bond donors (Lipinski definition) is 3. The predicted octanol–water partition coefficient (Wildman–Crippen LogP) is 1.88. The van der Waals surface area contributed by atoms with Gasteiger partial charge < -0.3 is 26.7 Å². The molecule has 158 valence electrons. The van der Waals surface area contributed by atoms with Gasteiger partial charge in [-0.15, -0.1) is 0 Å². The van der Waals surface area contributed by atoms with Gasteiger partial charge in [0.05, 0.1) is 12.8 Å². The van der Waals surface area contributed by atoms with Crippen molar-refractivity contribution in [1.29, 1.82) is 0 Å². The van der Waals surface area contributed by atoms with Gasteiger partial charge in [-0.1, -0.05) is 42.5 Å². The number of allylic oxidation sites excluding steroid dienone is 1. The van der Waals surface area contributed by atoms with E-state index in [1.165, 1.54) is 0 Å².